The molecule has 0 aromatic heterocycles. The molecule has 1 unspecified atom stereocenters. The summed E-state index contributed by atoms with van der Waals surface area (Å²) < 4.78 is 0. The quantitative estimate of drug-likeness (QED) is 0.446. The van der Waals surface area contributed by atoms with Gasteiger partial charge in [0.25, 0.3) is 0 Å². The number of allylic oxidation sites excluding steroid dienone is 2. The summed E-state index contributed by atoms with van der Waals surface area (Å²) in [7, 11) is 0. The highest BCUT2D eigenvalue weighted by Gasteiger charge is 2.72. The van der Waals surface area contributed by atoms with Crippen LogP contribution in [0.3, 0.4) is 0 Å². The standard InChI is InChI=1S/C33H46N2O3/c1-28(2)11-13-33(25(37)9-15-34)14-12-32(7)26(21(33)18-28)22(36)16-24-30(5)17-20(19-35)27(38)29(3,4)23(30)8-10-31(24,32)6/h17,21,23-26,37H,8-14,16,18H2,1-7H3/t21-,23-,24+,25?,26-,30-,31+,32+,33-/m0/s1. The van der Waals surface area contributed by atoms with Crippen molar-refractivity contribution in [3.63, 3.8) is 0 Å². The number of carbonyl (C=O) groups excluding carboxylic acids is 2. The van der Waals surface area contributed by atoms with Gasteiger partial charge in [-0.1, -0.05) is 54.5 Å². The molecule has 5 aliphatic carbocycles. The molecule has 0 heterocycles. The first kappa shape index (κ1) is 27.6. The van der Waals surface area contributed by atoms with Gasteiger partial charge in [0, 0.05) is 23.2 Å². The van der Waals surface area contributed by atoms with Gasteiger partial charge in [-0.2, -0.15) is 10.5 Å². The highest BCUT2D eigenvalue weighted by atomic mass is 16.3. The molecule has 0 bridgehead atoms. The van der Waals surface area contributed by atoms with E-state index in [-0.39, 0.29) is 63.1 Å². The number of rotatable bonds is 2. The molecule has 4 fully saturated rings. The lowest BCUT2D eigenvalue weighted by atomic mass is 9.31. The summed E-state index contributed by atoms with van der Waals surface area (Å²) in [6.07, 6.45) is 8.23. The summed E-state index contributed by atoms with van der Waals surface area (Å²) in [6, 6.07) is 4.42. The van der Waals surface area contributed by atoms with Gasteiger partial charge < -0.3 is 5.11 Å². The molecule has 0 aromatic carbocycles. The van der Waals surface area contributed by atoms with Crippen LogP contribution in [0, 0.1) is 78.8 Å². The Hall–Kier alpha value is -1.98. The lowest BCUT2D eigenvalue weighted by molar-refractivity contribution is -0.234. The van der Waals surface area contributed by atoms with E-state index in [9.17, 15) is 25.2 Å². The van der Waals surface area contributed by atoms with Crippen molar-refractivity contribution in [3.8, 4) is 12.1 Å². The fourth-order valence-corrected chi connectivity index (χ4v) is 11.2. The number of aliphatic hydroxyl groups excluding tert-OH is 1. The van der Waals surface area contributed by atoms with Crippen molar-refractivity contribution in [2.24, 2.45) is 56.2 Å². The van der Waals surface area contributed by atoms with Gasteiger partial charge in [-0.25, -0.2) is 0 Å². The predicted molar refractivity (Wildman–Crippen MR) is 145 cm³/mol. The Bertz CT molecular complexity index is 1190. The summed E-state index contributed by atoms with van der Waals surface area (Å²) in [5, 5.41) is 30.8. The van der Waals surface area contributed by atoms with Gasteiger partial charge in [0.1, 0.15) is 11.9 Å². The average molecular weight is 519 g/mol. The van der Waals surface area contributed by atoms with Crippen LogP contribution < -0.4 is 0 Å². The maximum atomic E-state index is 14.5. The minimum Gasteiger partial charge on any atom is -0.391 e. The van der Waals surface area contributed by atoms with Gasteiger partial charge in [-0.15, -0.1) is 0 Å². The van der Waals surface area contributed by atoms with E-state index in [1.165, 1.54) is 0 Å². The third kappa shape index (κ3) is 3.30. The molecule has 5 aliphatic rings. The van der Waals surface area contributed by atoms with Gasteiger partial charge in [0.05, 0.1) is 24.2 Å². The number of hydrogen-bond acceptors (Lipinski definition) is 5. The number of nitriles is 2. The molecule has 0 aromatic rings. The summed E-state index contributed by atoms with van der Waals surface area (Å²) in [5.74, 6) is 0.331. The highest BCUT2D eigenvalue weighted by Crippen LogP contribution is 2.76. The molecule has 38 heavy (non-hydrogen) atoms. The van der Waals surface area contributed by atoms with E-state index in [0.29, 0.717) is 12.2 Å². The minimum absolute atomic E-state index is 0.0596. The second-order valence-corrected chi connectivity index (χ2v) is 15.8. The van der Waals surface area contributed by atoms with Crippen LogP contribution in [0.25, 0.3) is 0 Å². The Labute approximate surface area is 229 Å². The van der Waals surface area contributed by atoms with Crippen molar-refractivity contribution in [2.45, 2.75) is 112 Å². The van der Waals surface area contributed by atoms with Crippen LogP contribution in [0.15, 0.2) is 11.6 Å². The number of aliphatic hydroxyl groups is 1. The van der Waals surface area contributed by atoms with Gasteiger partial charge in [0.15, 0.2) is 5.78 Å². The highest BCUT2D eigenvalue weighted by molar-refractivity contribution is 6.04. The predicted octanol–water partition coefficient (Wildman–Crippen LogP) is 6.56. The largest absolute Gasteiger partial charge is 0.391 e. The van der Waals surface area contributed by atoms with Crippen LogP contribution in [0.5, 0.6) is 0 Å². The normalized spacial score (nSPS) is 47.7. The maximum Gasteiger partial charge on any atom is 0.178 e. The molecule has 9 atom stereocenters. The van der Waals surface area contributed by atoms with Crippen molar-refractivity contribution in [3.05, 3.63) is 11.6 Å². The monoisotopic (exact) mass is 518 g/mol. The van der Waals surface area contributed by atoms with Crippen molar-refractivity contribution >= 4 is 11.6 Å². The van der Waals surface area contributed by atoms with Crippen molar-refractivity contribution < 1.29 is 14.7 Å². The first-order chi connectivity index (χ1) is 17.5. The zero-order valence-electron chi connectivity index (χ0n) is 24.5. The average Bonchev–Trinajstić information content (AvgIpc) is 2.82. The van der Waals surface area contributed by atoms with Crippen LogP contribution in [-0.4, -0.2) is 22.8 Å². The number of nitrogens with zero attached hydrogens (tertiary/aromatic N) is 2. The zero-order valence-corrected chi connectivity index (χ0v) is 24.5. The van der Waals surface area contributed by atoms with Crippen LogP contribution >= 0.6 is 0 Å². The number of ketones is 2. The molecule has 0 amide bonds. The third-order valence-electron chi connectivity index (χ3n) is 13.5. The first-order valence-electron chi connectivity index (χ1n) is 14.8. The van der Waals surface area contributed by atoms with Crippen LogP contribution in [0.4, 0.5) is 0 Å². The van der Waals surface area contributed by atoms with E-state index in [1.54, 1.807) is 0 Å². The lowest BCUT2D eigenvalue weighted by Gasteiger charge is -2.72. The molecule has 1 N–H and O–H groups in total. The Kier molecular flexibility index (Phi) is 6.00. The summed E-state index contributed by atoms with van der Waals surface area (Å²) in [4.78, 5) is 27.8. The van der Waals surface area contributed by atoms with E-state index in [2.05, 4.69) is 46.8 Å². The van der Waals surface area contributed by atoms with Gasteiger partial charge in [0.2, 0.25) is 0 Å². The summed E-state index contributed by atoms with van der Waals surface area (Å²) in [6.45, 7) is 15.5. The second kappa shape index (κ2) is 8.27. The number of carbonyl (C=O) groups is 2. The molecule has 5 nitrogen and oxygen atoms in total. The molecule has 0 radical (unpaired) electrons. The van der Waals surface area contributed by atoms with E-state index >= 15 is 0 Å². The Morgan fingerprint density at radius 2 is 1.61 bits per heavy atom. The van der Waals surface area contributed by atoms with Gasteiger partial charge in [-0.3, -0.25) is 9.59 Å². The van der Waals surface area contributed by atoms with Crippen LogP contribution in [0.1, 0.15) is 106 Å². The van der Waals surface area contributed by atoms with Crippen molar-refractivity contribution in [2.75, 3.05) is 0 Å². The second-order valence-electron chi connectivity index (χ2n) is 15.8. The number of Topliss-reactive ketones (excluding diaryl/α,β-unsaturated/α-hetero) is 2. The fourth-order valence-electron chi connectivity index (χ4n) is 11.2. The molecular weight excluding hydrogens is 472 g/mol. The molecular formula is C33H46N2O3. The SMILES string of the molecule is CC1(C)CC[C@]2(C(O)CC#N)CC[C@]3(C)[C@H](C(=O)C[C@@H]4[C@@]5(C)C=C(C#N)C(=O)C(C)(C)[C@@H]5CC[C@]43C)[C@@H]2C1. The molecule has 4 saturated carbocycles. The van der Waals surface area contributed by atoms with Gasteiger partial charge >= 0.3 is 0 Å². The van der Waals surface area contributed by atoms with Crippen LogP contribution in [0.2, 0.25) is 0 Å². The molecule has 206 valence electrons. The Morgan fingerprint density at radius 1 is 0.947 bits per heavy atom. The third-order valence-corrected chi connectivity index (χ3v) is 13.5. The first-order valence-corrected chi connectivity index (χ1v) is 14.8. The number of hydrogen-bond donors (Lipinski definition) is 1. The molecule has 5 rings (SSSR count). The van der Waals surface area contributed by atoms with E-state index in [4.69, 9.17) is 0 Å². The molecule has 0 saturated heterocycles. The zero-order chi connectivity index (χ0) is 28.1. The van der Waals surface area contributed by atoms with E-state index in [1.807, 2.05) is 19.9 Å². The smallest absolute Gasteiger partial charge is 0.178 e. The van der Waals surface area contributed by atoms with Crippen LogP contribution in [-0.2, 0) is 9.59 Å². The maximum absolute atomic E-state index is 14.5. The Balaban J connectivity index is 1.64. The number of fused-ring (bicyclic) bond motifs is 7. The van der Waals surface area contributed by atoms with Crippen molar-refractivity contribution in [1.82, 2.24) is 0 Å². The topological polar surface area (TPSA) is 102 Å². The molecule has 0 aliphatic heterocycles. The summed E-state index contributed by atoms with van der Waals surface area (Å²) >= 11 is 0. The minimum atomic E-state index is -0.698. The molecule has 5 heteroatoms. The van der Waals surface area contributed by atoms with Crippen molar-refractivity contribution in [1.29, 1.82) is 10.5 Å². The Morgan fingerprint density at radius 3 is 2.24 bits per heavy atom. The van der Waals surface area contributed by atoms with Gasteiger partial charge in [-0.05, 0) is 84.4 Å². The lowest BCUT2D eigenvalue weighted by Crippen LogP contribution is -2.69. The summed E-state index contributed by atoms with van der Waals surface area (Å²) in [5.41, 5.74) is -1.41. The fraction of sp³-hybridized carbons (Fsp3) is 0.818. The van der Waals surface area contributed by atoms with E-state index < -0.39 is 16.9 Å². The molecule has 0 spiro atoms. The van der Waals surface area contributed by atoms with E-state index in [0.717, 1.165) is 44.9 Å².